The highest BCUT2D eigenvalue weighted by atomic mass is 127. The number of nitrogens with one attached hydrogen (secondary N) is 1. The molecule has 0 spiro atoms. The minimum atomic E-state index is -4.59. The van der Waals surface area contributed by atoms with Gasteiger partial charge in [-0.05, 0) is 52.6 Å². The number of alkyl halides is 3. The summed E-state index contributed by atoms with van der Waals surface area (Å²) in [6, 6.07) is 2.03. The predicted molar refractivity (Wildman–Crippen MR) is 100.0 cm³/mol. The van der Waals surface area contributed by atoms with E-state index in [1.807, 2.05) is 13.8 Å². The number of benzene rings is 1. The van der Waals surface area contributed by atoms with Crippen LogP contribution in [0.3, 0.4) is 0 Å². The Kier molecular flexibility index (Phi) is 5.76. The van der Waals surface area contributed by atoms with E-state index in [0.29, 0.717) is 3.57 Å². The lowest BCUT2D eigenvalue weighted by Crippen LogP contribution is -2.19. The average molecular weight is 536 g/mol. The number of hydrogen-bond donors (Lipinski definition) is 1. The van der Waals surface area contributed by atoms with Crippen molar-refractivity contribution in [3.05, 3.63) is 48.9 Å². The molecular formula is C15H14BrF3INO2S. The highest BCUT2D eigenvalue weighted by Gasteiger charge is 2.34. The summed E-state index contributed by atoms with van der Waals surface area (Å²) in [4.78, 5) is 0.0559. The molecule has 2 rings (SSSR count). The van der Waals surface area contributed by atoms with Crippen molar-refractivity contribution in [2.45, 2.75) is 20.0 Å². The third-order valence-corrected chi connectivity index (χ3v) is 6.67. The van der Waals surface area contributed by atoms with Gasteiger partial charge < -0.3 is 0 Å². The number of allylic oxidation sites excluding steroid dienone is 3. The van der Waals surface area contributed by atoms with Gasteiger partial charge in [0.05, 0.1) is 16.2 Å². The van der Waals surface area contributed by atoms with Gasteiger partial charge in [-0.1, -0.05) is 41.9 Å². The quantitative estimate of drug-likeness (QED) is 0.516. The van der Waals surface area contributed by atoms with Gasteiger partial charge in [0.15, 0.2) is 0 Å². The fourth-order valence-corrected chi connectivity index (χ4v) is 5.12. The molecule has 2 unspecified atom stereocenters. The number of halogens is 5. The molecule has 0 bridgehead atoms. The minimum absolute atomic E-state index is 0.0244. The van der Waals surface area contributed by atoms with Crippen LogP contribution in [0, 0.1) is 15.4 Å². The maximum atomic E-state index is 13.0. The molecule has 0 aromatic heterocycles. The van der Waals surface area contributed by atoms with Crippen molar-refractivity contribution in [1.82, 2.24) is 0 Å². The number of sulfonamides is 1. The summed E-state index contributed by atoms with van der Waals surface area (Å²) in [6.45, 7) is 3.84. The maximum absolute atomic E-state index is 13.0. The molecule has 1 aliphatic carbocycles. The minimum Gasteiger partial charge on any atom is -0.279 e. The van der Waals surface area contributed by atoms with Crippen molar-refractivity contribution >= 4 is 54.2 Å². The van der Waals surface area contributed by atoms with Gasteiger partial charge >= 0.3 is 6.18 Å². The Bertz CT molecular complexity index is 819. The molecule has 0 fully saturated rings. The van der Waals surface area contributed by atoms with Gasteiger partial charge in [-0.15, -0.1) is 0 Å². The predicted octanol–water partition coefficient (Wildman–Crippen LogP) is 5.54. The lowest BCUT2D eigenvalue weighted by atomic mass is 9.92. The largest absolute Gasteiger partial charge is 0.417 e. The Hall–Kier alpha value is -0.550. The van der Waals surface area contributed by atoms with Crippen LogP contribution in [0.5, 0.6) is 0 Å². The summed E-state index contributed by atoms with van der Waals surface area (Å²) >= 11 is 4.65. The smallest absolute Gasteiger partial charge is 0.279 e. The number of hydrogen-bond acceptors (Lipinski definition) is 2. The van der Waals surface area contributed by atoms with E-state index < -0.39 is 21.8 Å². The van der Waals surface area contributed by atoms with Crippen LogP contribution in [0.2, 0.25) is 0 Å². The van der Waals surface area contributed by atoms with E-state index >= 15 is 0 Å². The van der Waals surface area contributed by atoms with Gasteiger partial charge in [0, 0.05) is 8.04 Å². The SMILES string of the molecule is CC1C=CC(S(=O)(=O)Nc2cc(C(F)(F)F)c(Br)cc2I)=CC1C. The second kappa shape index (κ2) is 6.99. The Balaban J connectivity index is 2.41. The van der Waals surface area contributed by atoms with Crippen LogP contribution in [0.15, 0.2) is 39.7 Å². The molecule has 1 aromatic carbocycles. The van der Waals surface area contributed by atoms with E-state index in [1.54, 1.807) is 34.7 Å². The Morgan fingerprint density at radius 1 is 1.21 bits per heavy atom. The molecule has 0 aliphatic heterocycles. The first-order valence-corrected chi connectivity index (χ1v) is 10.3. The summed E-state index contributed by atoms with van der Waals surface area (Å²) in [5, 5.41) is 0. The van der Waals surface area contributed by atoms with E-state index in [1.165, 1.54) is 12.1 Å². The summed E-state index contributed by atoms with van der Waals surface area (Å²) in [6.07, 6.45) is 0.261. The normalized spacial score (nSPS) is 21.5. The molecule has 3 nitrogen and oxygen atoms in total. The van der Waals surface area contributed by atoms with Crippen LogP contribution in [0.1, 0.15) is 19.4 Å². The molecule has 2 atom stereocenters. The van der Waals surface area contributed by atoms with E-state index in [-0.39, 0.29) is 26.9 Å². The first kappa shape index (κ1) is 19.8. The zero-order chi connectivity index (χ0) is 18.3. The Labute approximate surface area is 160 Å². The summed E-state index contributed by atoms with van der Waals surface area (Å²) in [7, 11) is -3.95. The van der Waals surface area contributed by atoms with Gasteiger partial charge in [-0.2, -0.15) is 13.2 Å². The molecule has 24 heavy (non-hydrogen) atoms. The Morgan fingerprint density at radius 3 is 2.38 bits per heavy atom. The molecule has 9 heteroatoms. The molecule has 0 amide bonds. The molecule has 1 N–H and O–H groups in total. The summed E-state index contributed by atoms with van der Waals surface area (Å²) in [5.74, 6) is 0.227. The van der Waals surface area contributed by atoms with Gasteiger partial charge in [0.25, 0.3) is 10.0 Å². The highest BCUT2D eigenvalue weighted by Crippen LogP contribution is 2.39. The van der Waals surface area contributed by atoms with E-state index in [2.05, 4.69) is 20.7 Å². The van der Waals surface area contributed by atoms with Crippen molar-refractivity contribution < 1.29 is 21.6 Å². The summed E-state index contributed by atoms with van der Waals surface area (Å²) in [5.41, 5.74) is -1.04. The topological polar surface area (TPSA) is 46.2 Å². The van der Waals surface area contributed by atoms with Crippen molar-refractivity contribution in [1.29, 1.82) is 0 Å². The van der Waals surface area contributed by atoms with Crippen LogP contribution < -0.4 is 4.72 Å². The van der Waals surface area contributed by atoms with Gasteiger partial charge in [-0.25, -0.2) is 8.42 Å². The molecule has 0 heterocycles. The first-order valence-electron chi connectivity index (χ1n) is 6.91. The Morgan fingerprint density at radius 2 is 1.83 bits per heavy atom. The van der Waals surface area contributed by atoms with Gasteiger partial charge in [0.2, 0.25) is 0 Å². The number of rotatable bonds is 3. The third-order valence-electron chi connectivity index (χ3n) is 3.74. The molecule has 0 saturated heterocycles. The standard InChI is InChI=1S/C15H14BrF3INO2S/c1-8-3-4-10(5-9(8)2)24(22,23)21-14-6-11(15(17,18)19)12(16)7-13(14)20/h3-9,21H,1-2H3. The van der Waals surface area contributed by atoms with Crippen molar-refractivity contribution in [2.75, 3.05) is 4.72 Å². The van der Waals surface area contributed by atoms with Crippen LogP contribution >= 0.6 is 38.5 Å². The average Bonchev–Trinajstić information content (AvgIpc) is 2.43. The molecule has 132 valence electrons. The monoisotopic (exact) mass is 535 g/mol. The van der Waals surface area contributed by atoms with Gasteiger partial charge in [0.1, 0.15) is 0 Å². The van der Waals surface area contributed by atoms with Gasteiger partial charge in [-0.3, -0.25) is 4.72 Å². The van der Waals surface area contributed by atoms with Crippen molar-refractivity contribution in [2.24, 2.45) is 11.8 Å². The fraction of sp³-hybridized carbons (Fsp3) is 0.333. The molecule has 0 radical (unpaired) electrons. The zero-order valence-electron chi connectivity index (χ0n) is 12.7. The second-order valence-electron chi connectivity index (χ2n) is 5.56. The maximum Gasteiger partial charge on any atom is 0.417 e. The van der Waals surface area contributed by atoms with Crippen molar-refractivity contribution in [3.63, 3.8) is 0 Å². The van der Waals surface area contributed by atoms with E-state index in [4.69, 9.17) is 0 Å². The molecule has 1 aliphatic rings. The van der Waals surface area contributed by atoms with Crippen LogP contribution in [0.4, 0.5) is 18.9 Å². The number of anilines is 1. The third kappa shape index (κ3) is 4.34. The first-order chi connectivity index (χ1) is 10.9. The lowest BCUT2D eigenvalue weighted by molar-refractivity contribution is -0.138. The van der Waals surface area contributed by atoms with Crippen LogP contribution in [-0.4, -0.2) is 8.42 Å². The summed E-state index contributed by atoms with van der Waals surface area (Å²) < 4.78 is 66.5. The van der Waals surface area contributed by atoms with Crippen LogP contribution in [-0.2, 0) is 16.2 Å². The molecular weight excluding hydrogens is 522 g/mol. The van der Waals surface area contributed by atoms with Crippen molar-refractivity contribution in [3.8, 4) is 0 Å². The van der Waals surface area contributed by atoms with Crippen LogP contribution in [0.25, 0.3) is 0 Å². The van der Waals surface area contributed by atoms with E-state index in [0.717, 1.165) is 6.07 Å². The zero-order valence-corrected chi connectivity index (χ0v) is 17.2. The molecule has 0 saturated carbocycles. The molecule has 1 aromatic rings. The fourth-order valence-electron chi connectivity index (χ4n) is 2.12. The second-order valence-corrected chi connectivity index (χ2v) is 9.26. The lowest BCUT2D eigenvalue weighted by Gasteiger charge is -2.20. The highest BCUT2D eigenvalue weighted by molar-refractivity contribution is 14.1. The van der Waals surface area contributed by atoms with E-state index in [9.17, 15) is 21.6 Å².